The second-order valence-corrected chi connectivity index (χ2v) is 15.2. The van der Waals surface area contributed by atoms with Gasteiger partial charge in [-0.2, -0.15) is 13.2 Å². The second-order valence-electron chi connectivity index (χ2n) is 10.7. The highest BCUT2D eigenvalue weighted by Gasteiger charge is 2.48. The molecule has 43 heavy (non-hydrogen) atoms. The van der Waals surface area contributed by atoms with Crippen molar-refractivity contribution < 1.29 is 44.3 Å². The number of nitrogens with two attached hydrogens (primary N) is 1. The number of hydrogen-bond donors (Lipinski definition) is 2. The lowest BCUT2D eigenvalue weighted by atomic mass is 10.1. The molecule has 0 saturated carbocycles. The number of nitrogens with one attached hydrogen (secondary N) is 1. The monoisotopic (exact) mass is 666 g/mol. The quantitative estimate of drug-likeness (QED) is 0.382. The highest BCUT2D eigenvalue weighted by molar-refractivity contribution is 7.99. The molecular formula is C26H33F3N4O7S3. The first kappa shape index (κ1) is 34.5. The van der Waals surface area contributed by atoms with Gasteiger partial charge in [-0.3, -0.25) is 4.79 Å². The summed E-state index contributed by atoms with van der Waals surface area (Å²) < 4.78 is 94.5. The Morgan fingerprint density at radius 3 is 2.09 bits per heavy atom. The Labute approximate surface area is 252 Å². The van der Waals surface area contributed by atoms with Crippen molar-refractivity contribution in [2.24, 2.45) is 5.14 Å². The molecule has 1 saturated heterocycles. The fraction of sp³-hybridized carbons (Fsp3) is 0.462. The zero-order valence-corrected chi connectivity index (χ0v) is 26.1. The molecular weight excluding hydrogens is 634 g/mol. The number of benzene rings is 2. The van der Waals surface area contributed by atoms with Crippen molar-refractivity contribution in [3.63, 3.8) is 0 Å². The molecule has 1 aliphatic rings. The van der Waals surface area contributed by atoms with Gasteiger partial charge in [0.05, 0.1) is 10.6 Å². The lowest BCUT2D eigenvalue weighted by Gasteiger charge is -2.36. The molecule has 0 spiro atoms. The molecule has 0 aliphatic carbocycles. The number of piperazine rings is 1. The van der Waals surface area contributed by atoms with Crippen LogP contribution < -0.4 is 10.5 Å². The van der Waals surface area contributed by atoms with Crippen molar-refractivity contribution >= 4 is 49.3 Å². The number of sulfonamides is 1. The summed E-state index contributed by atoms with van der Waals surface area (Å²) in [4.78, 5) is 27.3. The average molecular weight is 667 g/mol. The van der Waals surface area contributed by atoms with E-state index in [1.165, 1.54) is 21.6 Å². The fourth-order valence-electron chi connectivity index (χ4n) is 4.04. The molecule has 0 unspecified atom stereocenters. The molecule has 1 heterocycles. The van der Waals surface area contributed by atoms with E-state index >= 15 is 0 Å². The number of sulfone groups is 1. The molecule has 2 aromatic carbocycles. The minimum absolute atomic E-state index is 0.135. The van der Waals surface area contributed by atoms with Crippen molar-refractivity contribution in [3.05, 3.63) is 48.5 Å². The molecule has 238 valence electrons. The van der Waals surface area contributed by atoms with Gasteiger partial charge in [-0.05, 0) is 51.1 Å². The predicted molar refractivity (Wildman–Crippen MR) is 155 cm³/mol. The summed E-state index contributed by atoms with van der Waals surface area (Å²) in [5.74, 6) is -0.243. The third-order valence-electron chi connectivity index (χ3n) is 6.13. The van der Waals surface area contributed by atoms with Gasteiger partial charge in [-0.1, -0.05) is 18.2 Å². The van der Waals surface area contributed by atoms with Crippen molar-refractivity contribution in [1.82, 2.24) is 9.80 Å². The summed E-state index contributed by atoms with van der Waals surface area (Å²) in [6.45, 7) is 6.00. The van der Waals surface area contributed by atoms with Crippen LogP contribution in [0, 0.1) is 0 Å². The number of anilines is 1. The van der Waals surface area contributed by atoms with E-state index in [2.05, 4.69) is 5.32 Å². The standard InChI is InChI=1S/C26H33F3N4O7S3/c1-25(2,3)40-24(35)33-13-11-32(12-14-33)23(34)15-18(17-41-19-7-5-4-6-8-19)31-21-10-9-20(43(30,38)39)16-22(21)42(36,37)26(27,28)29/h4-10,16,18,31H,11-15,17H2,1-3H3,(H2,30,38,39)/t18-/m1/s1. The van der Waals surface area contributed by atoms with E-state index in [-0.39, 0.29) is 44.3 Å². The first-order valence-corrected chi connectivity index (χ1v) is 17.0. The molecule has 1 atom stereocenters. The van der Waals surface area contributed by atoms with E-state index in [4.69, 9.17) is 9.88 Å². The van der Waals surface area contributed by atoms with E-state index in [0.29, 0.717) is 6.07 Å². The number of amides is 2. The molecule has 0 bridgehead atoms. The van der Waals surface area contributed by atoms with Crippen LogP contribution in [0.3, 0.4) is 0 Å². The smallest absolute Gasteiger partial charge is 0.444 e. The van der Waals surface area contributed by atoms with E-state index in [1.807, 2.05) is 0 Å². The minimum Gasteiger partial charge on any atom is -0.444 e. The van der Waals surface area contributed by atoms with Crippen molar-refractivity contribution in [2.45, 2.75) is 59.0 Å². The van der Waals surface area contributed by atoms with Crippen LogP contribution in [0.1, 0.15) is 27.2 Å². The van der Waals surface area contributed by atoms with Crippen molar-refractivity contribution in [2.75, 3.05) is 37.2 Å². The molecule has 17 heteroatoms. The highest BCUT2D eigenvalue weighted by Crippen LogP contribution is 2.36. The number of nitrogens with zero attached hydrogens (tertiary/aromatic N) is 2. The predicted octanol–water partition coefficient (Wildman–Crippen LogP) is 3.67. The largest absolute Gasteiger partial charge is 0.501 e. The number of carbonyl (C=O) groups excluding carboxylic acids is 2. The number of halogens is 3. The maximum Gasteiger partial charge on any atom is 0.501 e. The summed E-state index contributed by atoms with van der Waals surface area (Å²) in [6, 6.07) is 10.2. The van der Waals surface area contributed by atoms with Crippen LogP contribution in [0.5, 0.6) is 0 Å². The first-order valence-electron chi connectivity index (χ1n) is 13.0. The average Bonchev–Trinajstić information content (AvgIpc) is 2.90. The van der Waals surface area contributed by atoms with Crippen LogP contribution in [0.25, 0.3) is 0 Å². The number of rotatable bonds is 9. The molecule has 1 fully saturated rings. The number of primary sulfonamides is 1. The van der Waals surface area contributed by atoms with Crippen LogP contribution in [-0.4, -0.2) is 87.7 Å². The van der Waals surface area contributed by atoms with Gasteiger partial charge in [-0.25, -0.2) is 26.8 Å². The number of ether oxygens (including phenoxy) is 1. The Hall–Kier alpha value is -3.02. The zero-order chi connectivity index (χ0) is 32.2. The Balaban J connectivity index is 1.86. The second kappa shape index (κ2) is 13.3. The van der Waals surface area contributed by atoms with Crippen LogP contribution in [-0.2, 0) is 29.4 Å². The van der Waals surface area contributed by atoms with E-state index < -0.39 is 58.6 Å². The molecule has 11 nitrogen and oxygen atoms in total. The number of carbonyl (C=O) groups is 2. The Morgan fingerprint density at radius 1 is 0.977 bits per heavy atom. The van der Waals surface area contributed by atoms with Gasteiger partial charge in [0.15, 0.2) is 0 Å². The fourth-order valence-corrected chi connectivity index (χ4v) is 6.54. The summed E-state index contributed by atoms with van der Waals surface area (Å²) in [5.41, 5.74) is -6.96. The first-order chi connectivity index (χ1) is 19.8. The van der Waals surface area contributed by atoms with Gasteiger partial charge in [0.1, 0.15) is 10.5 Å². The SMILES string of the molecule is CC(C)(C)OC(=O)N1CCN(C(=O)C[C@H](CSc2ccccc2)Nc2ccc(S(N)(=O)=O)cc2S(=O)(=O)C(F)(F)F)CC1. The lowest BCUT2D eigenvalue weighted by Crippen LogP contribution is -2.52. The van der Waals surface area contributed by atoms with Gasteiger partial charge in [0, 0.05) is 49.3 Å². The molecule has 3 rings (SSSR count). The summed E-state index contributed by atoms with van der Waals surface area (Å²) in [5, 5.41) is 7.77. The zero-order valence-electron chi connectivity index (χ0n) is 23.6. The molecule has 2 aromatic rings. The normalized spacial score (nSPS) is 15.6. The van der Waals surface area contributed by atoms with Gasteiger partial charge in [0.25, 0.3) is 9.84 Å². The molecule has 2 amide bonds. The minimum atomic E-state index is -6.01. The Kier molecular flexibility index (Phi) is 10.7. The van der Waals surface area contributed by atoms with Crippen LogP contribution in [0.2, 0.25) is 0 Å². The highest BCUT2D eigenvalue weighted by atomic mass is 32.2. The summed E-state index contributed by atoms with van der Waals surface area (Å²) in [6.07, 6.45) is -0.755. The lowest BCUT2D eigenvalue weighted by molar-refractivity contribution is -0.133. The van der Waals surface area contributed by atoms with Crippen molar-refractivity contribution in [1.29, 1.82) is 0 Å². The van der Waals surface area contributed by atoms with E-state index in [0.717, 1.165) is 17.0 Å². The van der Waals surface area contributed by atoms with Gasteiger partial charge in [-0.15, -0.1) is 11.8 Å². The third-order valence-corrected chi connectivity index (χ3v) is 9.75. The van der Waals surface area contributed by atoms with Gasteiger partial charge < -0.3 is 19.9 Å². The molecule has 0 radical (unpaired) electrons. The third kappa shape index (κ3) is 9.48. The molecule has 0 aromatic heterocycles. The van der Waals surface area contributed by atoms with Crippen LogP contribution in [0.4, 0.5) is 23.7 Å². The number of hydrogen-bond acceptors (Lipinski definition) is 9. The summed E-state index contributed by atoms with van der Waals surface area (Å²) in [7, 11) is -10.6. The number of thioether (sulfide) groups is 1. The van der Waals surface area contributed by atoms with E-state index in [1.54, 1.807) is 51.1 Å². The molecule has 3 N–H and O–H groups in total. The maximum absolute atomic E-state index is 13.6. The maximum atomic E-state index is 13.6. The Morgan fingerprint density at radius 2 is 1.56 bits per heavy atom. The van der Waals surface area contributed by atoms with Crippen LogP contribution >= 0.6 is 11.8 Å². The van der Waals surface area contributed by atoms with E-state index in [9.17, 15) is 39.6 Å². The number of alkyl halides is 3. The van der Waals surface area contributed by atoms with Gasteiger partial charge >= 0.3 is 11.6 Å². The molecule has 1 aliphatic heterocycles. The van der Waals surface area contributed by atoms with Crippen LogP contribution in [0.15, 0.2) is 63.2 Å². The summed E-state index contributed by atoms with van der Waals surface area (Å²) >= 11 is 1.28. The Bertz CT molecular complexity index is 1520. The van der Waals surface area contributed by atoms with Gasteiger partial charge in [0.2, 0.25) is 15.9 Å². The van der Waals surface area contributed by atoms with Crippen molar-refractivity contribution in [3.8, 4) is 0 Å². The topological polar surface area (TPSA) is 156 Å².